The summed E-state index contributed by atoms with van der Waals surface area (Å²) < 4.78 is 29.3. The van der Waals surface area contributed by atoms with E-state index in [0.29, 0.717) is 29.4 Å². The fourth-order valence-corrected chi connectivity index (χ4v) is 3.20. The molecule has 0 aliphatic rings. The molecule has 4 aromatic rings. The van der Waals surface area contributed by atoms with Crippen molar-refractivity contribution in [2.24, 2.45) is 5.73 Å². The number of nitrogens with two attached hydrogens (primary N) is 1. The van der Waals surface area contributed by atoms with Crippen molar-refractivity contribution in [3.05, 3.63) is 94.3 Å². The molecule has 10 heteroatoms. The number of thiazole rings is 1. The van der Waals surface area contributed by atoms with Crippen molar-refractivity contribution in [1.82, 2.24) is 9.97 Å². The van der Waals surface area contributed by atoms with E-state index in [2.05, 4.69) is 9.97 Å². The van der Waals surface area contributed by atoms with Gasteiger partial charge in [-0.2, -0.15) is 0 Å². The molecule has 0 bridgehead atoms. The molecule has 0 saturated carbocycles. The van der Waals surface area contributed by atoms with E-state index in [9.17, 15) is 9.18 Å². The zero-order chi connectivity index (χ0) is 24.3. The highest BCUT2D eigenvalue weighted by molar-refractivity contribution is 7.12. The monoisotopic (exact) mass is 483 g/mol. The van der Waals surface area contributed by atoms with E-state index in [1.807, 2.05) is 18.2 Å². The molecule has 3 N–H and O–H groups in total. The van der Waals surface area contributed by atoms with Crippen LogP contribution in [0.2, 0.25) is 0 Å². The van der Waals surface area contributed by atoms with E-state index >= 15 is 0 Å². The van der Waals surface area contributed by atoms with Crippen LogP contribution in [0.4, 0.5) is 4.39 Å². The van der Waals surface area contributed by atoms with Gasteiger partial charge in [0.15, 0.2) is 4.88 Å². The summed E-state index contributed by atoms with van der Waals surface area (Å²) >= 11 is 1.02. The SMILES string of the molecule is COc1cccc(Oc2ncsc2C(=O)O)c1.NCc1ccc(OCc2ccccn2)cc1F. The van der Waals surface area contributed by atoms with E-state index < -0.39 is 5.97 Å². The van der Waals surface area contributed by atoms with Crippen LogP contribution in [-0.4, -0.2) is 28.2 Å². The molecular formula is C24H22FN3O5S. The van der Waals surface area contributed by atoms with Crippen molar-refractivity contribution in [2.45, 2.75) is 13.2 Å². The number of aromatic nitrogens is 2. The van der Waals surface area contributed by atoms with Crippen LogP contribution in [0.25, 0.3) is 0 Å². The fourth-order valence-electron chi connectivity index (χ4n) is 2.65. The van der Waals surface area contributed by atoms with E-state index in [1.54, 1.807) is 49.7 Å². The molecule has 4 rings (SSSR count). The first-order valence-electron chi connectivity index (χ1n) is 10.00. The molecule has 8 nitrogen and oxygen atoms in total. The number of carbonyl (C=O) groups is 1. The maximum absolute atomic E-state index is 13.4. The second-order valence-electron chi connectivity index (χ2n) is 6.64. The molecule has 2 aromatic carbocycles. The molecule has 0 aliphatic heterocycles. The van der Waals surface area contributed by atoms with Crippen molar-refractivity contribution < 1.29 is 28.5 Å². The van der Waals surface area contributed by atoms with Crippen LogP contribution in [0.5, 0.6) is 23.1 Å². The van der Waals surface area contributed by atoms with Gasteiger partial charge in [-0.15, -0.1) is 11.3 Å². The van der Waals surface area contributed by atoms with Crippen molar-refractivity contribution >= 4 is 17.3 Å². The summed E-state index contributed by atoms with van der Waals surface area (Å²) in [4.78, 5) is 18.9. The highest BCUT2D eigenvalue weighted by Crippen LogP contribution is 2.28. The lowest BCUT2D eigenvalue weighted by molar-refractivity contribution is 0.0699. The third kappa shape index (κ3) is 6.99. The normalized spacial score (nSPS) is 10.1. The average molecular weight is 484 g/mol. The molecule has 0 atom stereocenters. The van der Waals surface area contributed by atoms with Gasteiger partial charge < -0.3 is 25.1 Å². The number of hydrogen-bond donors (Lipinski definition) is 2. The zero-order valence-corrected chi connectivity index (χ0v) is 19.0. The van der Waals surface area contributed by atoms with Crippen molar-refractivity contribution in [3.63, 3.8) is 0 Å². The Morgan fingerprint density at radius 3 is 2.56 bits per heavy atom. The summed E-state index contributed by atoms with van der Waals surface area (Å²) in [7, 11) is 1.55. The number of nitrogens with zero attached hydrogens (tertiary/aromatic N) is 2. The molecule has 2 aromatic heterocycles. The average Bonchev–Trinajstić information content (AvgIpc) is 3.32. The Kier molecular flexibility index (Phi) is 8.89. The molecule has 176 valence electrons. The van der Waals surface area contributed by atoms with Crippen LogP contribution in [0.3, 0.4) is 0 Å². The standard InChI is InChI=1S/C13H13FN2O.C11H9NO4S/c14-13-7-12(5-4-10(13)8-15)17-9-11-3-1-2-6-16-11;1-15-7-3-2-4-8(5-7)16-10-9(11(13)14)17-6-12-10/h1-7H,8-9,15H2;2-6H,1H3,(H,13,14). The molecule has 0 spiro atoms. The highest BCUT2D eigenvalue weighted by atomic mass is 32.1. The summed E-state index contributed by atoms with van der Waals surface area (Å²) in [5.41, 5.74) is 8.09. The van der Waals surface area contributed by atoms with Gasteiger partial charge in [-0.05, 0) is 30.3 Å². The lowest BCUT2D eigenvalue weighted by atomic mass is 10.2. The number of rotatable bonds is 8. The van der Waals surface area contributed by atoms with Crippen molar-refractivity contribution in [3.8, 4) is 23.1 Å². The van der Waals surface area contributed by atoms with E-state index in [1.165, 1.54) is 11.6 Å². The molecule has 0 fully saturated rings. The maximum atomic E-state index is 13.4. The van der Waals surface area contributed by atoms with Crippen LogP contribution in [0.1, 0.15) is 20.9 Å². The van der Waals surface area contributed by atoms with Gasteiger partial charge in [-0.1, -0.05) is 18.2 Å². The van der Waals surface area contributed by atoms with Crippen LogP contribution < -0.4 is 19.9 Å². The van der Waals surface area contributed by atoms with Gasteiger partial charge in [0, 0.05) is 30.4 Å². The van der Waals surface area contributed by atoms with Gasteiger partial charge in [-0.25, -0.2) is 14.2 Å². The summed E-state index contributed by atoms with van der Waals surface area (Å²) in [6.45, 7) is 0.509. The van der Waals surface area contributed by atoms with Gasteiger partial charge in [-0.3, -0.25) is 4.98 Å². The minimum atomic E-state index is -1.05. The number of carboxylic acids is 1. The van der Waals surface area contributed by atoms with Crippen LogP contribution in [-0.2, 0) is 13.2 Å². The van der Waals surface area contributed by atoms with Gasteiger partial charge in [0.05, 0.1) is 18.3 Å². The fraction of sp³-hybridized carbons (Fsp3) is 0.125. The third-order valence-corrected chi connectivity index (χ3v) is 5.14. The first-order chi connectivity index (χ1) is 16.5. The predicted molar refractivity (Wildman–Crippen MR) is 125 cm³/mol. The Bertz CT molecular complexity index is 1220. The number of aromatic carboxylic acids is 1. The third-order valence-electron chi connectivity index (χ3n) is 4.34. The van der Waals surface area contributed by atoms with Gasteiger partial charge >= 0.3 is 5.97 Å². The number of pyridine rings is 1. The van der Waals surface area contributed by atoms with Gasteiger partial charge in [0.2, 0.25) is 5.88 Å². The van der Waals surface area contributed by atoms with Crippen molar-refractivity contribution in [2.75, 3.05) is 7.11 Å². The van der Waals surface area contributed by atoms with Gasteiger partial charge in [0.25, 0.3) is 0 Å². The summed E-state index contributed by atoms with van der Waals surface area (Å²) in [5, 5.41) is 8.90. The van der Waals surface area contributed by atoms with Crippen LogP contribution in [0, 0.1) is 5.82 Å². The van der Waals surface area contributed by atoms with Crippen molar-refractivity contribution in [1.29, 1.82) is 0 Å². The van der Waals surface area contributed by atoms with Crippen LogP contribution in [0.15, 0.2) is 72.4 Å². The zero-order valence-electron chi connectivity index (χ0n) is 18.2. The van der Waals surface area contributed by atoms with Gasteiger partial charge in [0.1, 0.15) is 29.7 Å². The predicted octanol–water partition coefficient (Wildman–Crippen LogP) is 4.90. The Hall–Kier alpha value is -4.02. The van der Waals surface area contributed by atoms with E-state index in [-0.39, 0.29) is 23.1 Å². The number of benzene rings is 2. The topological polar surface area (TPSA) is 117 Å². The maximum Gasteiger partial charge on any atom is 0.351 e. The summed E-state index contributed by atoms with van der Waals surface area (Å²) in [5.74, 6) is 0.296. The Balaban J connectivity index is 0.000000191. The van der Waals surface area contributed by atoms with E-state index in [4.69, 9.17) is 25.1 Å². The molecule has 34 heavy (non-hydrogen) atoms. The Labute approximate surface area is 199 Å². The number of ether oxygens (including phenoxy) is 3. The molecule has 0 saturated heterocycles. The Morgan fingerprint density at radius 2 is 1.88 bits per heavy atom. The second kappa shape index (κ2) is 12.3. The molecule has 0 radical (unpaired) electrons. The minimum absolute atomic E-state index is 0.0767. The minimum Gasteiger partial charge on any atom is -0.497 e. The lowest BCUT2D eigenvalue weighted by Gasteiger charge is -2.07. The molecule has 2 heterocycles. The molecule has 0 unspecified atom stereocenters. The van der Waals surface area contributed by atoms with E-state index in [0.717, 1.165) is 17.0 Å². The molecular weight excluding hydrogens is 461 g/mol. The second-order valence-corrected chi connectivity index (χ2v) is 7.49. The smallest absolute Gasteiger partial charge is 0.351 e. The number of halogens is 1. The summed E-state index contributed by atoms with van der Waals surface area (Å²) in [6, 6.07) is 17.1. The Morgan fingerprint density at radius 1 is 1.06 bits per heavy atom. The largest absolute Gasteiger partial charge is 0.497 e. The summed E-state index contributed by atoms with van der Waals surface area (Å²) in [6.07, 6.45) is 1.69. The molecule has 0 aliphatic carbocycles. The number of methoxy groups -OCH3 is 1. The number of carboxylic acid groups (broad SMARTS) is 1. The molecule has 0 amide bonds. The highest BCUT2D eigenvalue weighted by Gasteiger charge is 2.15. The quantitative estimate of drug-likeness (QED) is 0.363. The van der Waals surface area contributed by atoms with Crippen LogP contribution >= 0.6 is 11.3 Å². The number of hydrogen-bond acceptors (Lipinski definition) is 8. The first kappa shape index (κ1) is 24.6. The lowest BCUT2D eigenvalue weighted by Crippen LogP contribution is -2.01. The first-order valence-corrected chi connectivity index (χ1v) is 10.9.